The van der Waals surface area contributed by atoms with Crippen LogP contribution in [0.4, 0.5) is 5.69 Å². The fourth-order valence-corrected chi connectivity index (χ4v) is 2.13. The first kappa shape index (κ1) is 10.6. The van der Waals surface area contributed by atoms with E-state index in [1.165, 1.54) is 0 Å². The van der Waals surface area contributed by atoms with Gasteiger partial charge in [-0.2, -0.15) is 0 Å². The highest BCUT2D eigenvalue weighted by molar-refractivity contribution is 5.48. The molecular formula is C12H16N4O. The number of fused-ring (bicyclic) bond motifs is 1. The Morgan fingerprint density at radius 1 is 1.24 bits per heavy atom. The number of hydrogen-bond acceptors (Lipinski definition) is 4. The topological polar surface area (TPSA) is 55.8 Å². The van der Waals surface area contributed by atoms with Crippen LogP contribution in [-0.2, 0) is 11.3 Å². The van der Waals surface area contributed by atoms with Gasteiger partial charge in [-0.05, 0) is 12.1 Å². The summed E-state index contributed by atoms with van der Waals surface area (Å²) in [6.45, 7) is 4.48. The number of pyridine rings is 1. The quantitative estimate of drug-likeness (QED) is 0.830. The van der Waals surface area contributed by atoms with Gasteiger partial charge in [0.25, 0.3) is 0 Å². The van der Waals surface area contributed by atoms with E-state index in [9.17, 15) is 0 Å². The summed E-state index contributed by atoms with van der Waals surface area (Å²) in [7, 11) is 0. The lowest BCUT2D eigenvalue weighted by atomic mass is 10.3. The van der Waals surface area contributed by atoms with Gasteiger partial charge < -0.3 is 14.9 Å². The molecule has 5 heteroatoms. The molecule has 0 radical (unpaired) electrons. The number of rotatable bonds is 2. The molecule has 1 aliphatic heterocycles. The van der Waals surface area contributed by atoms with E-state index in [4.69, 9.17) is 10.5 Å². The smallest absolute Gasteiger partial charge is 0.137 e. The van der Waals surface area contributed by atoms with Crippen LogP contribution >= 0.6 is 0 Å². The van der Waals surface area contributed by atoms with Crippen LogP contribution in [0.1, 0.15) is 5.69 Å². The molecule has 17 heavy (non-hydrogen) atoms. The zero-order chi connectivity index (χ0) is 11.7. The Balaban J connectivity index is 1.80. The molecule has 2 aromatic heterocycles. The summed E-state index contributed by atoms with van der Waals surface area (Å²) in [5, 5.41) is 0. The fourth-order valence-electron chi connectivity index (χ4n) is 2.13. The standard InChI is InChI=1S/C12H16N4O/c13-10-1-2-12-14-11(9-16(12)7-10)8-15-3-5-17-6-4-15/h1-2,7,9H,3-6,8,13H2. The summed E-state index contributed by atoms with van der Waals surface area (Å²) >= 11 is 0. The second-order valence-electron chi connectivity index (χ2n) is 4.35. The number of anilines is 1. The third-order valence-corrected chi connectivity index (χ3v) is 3.01. The molecule has 90 valence electrons. The maximum atomic E-state index is 5.74. The minimum absolute atomic E-state index is 0.757. The predicted octanol–water partition coefficient (Wildman–Crippen LogP) is 0.749. The van der Waals surface area contributed by atoms with Crippen molar-refractivity contribution in [3.8, 4) is 0 Å². The fraction of sp³-hybridized carbons (Fsp3) is 0.417. The molecule has 0 unspecified atom stereocenters. The van der Waals surface area contributed by atoms with Gasteiger partial charge in [-0.25, -0.2) is 4.98 Å². The van der Waals surface area contributed by atoms with E-state index in [2.05, 4.69) is 9.88 Å². The van der Waals surface area contributed by atoms with Crippen LogP contribution in [0, 0.1) is 0 Å². The summed E-state index contributed by atoms with van der Waals surface area (Å²) in [5.74, 6) is 0. The molecule has 5 nitrogen and oxygen atoms in total. The molecule has 0 amide bonds. The Morgan fingerprint density at radius 2 is 2.06 bits per heavy atom. The highest BCUT2D eigenvalue weighted by Crippen LogP contribution is 2.11. The summed E-state index contributed by atoms with van der Waals surface area (Å²) in [5.41, 5.74) is 8.53. The number of nitrogens with zero attached hydrogens (tertiary/aromatic N) is 3. The van der Waals surface area contributed by atoms with Crippen LogP contribution in [0.25, 0.3) is 5.65 Å². The van der Waals surface area contributed by atoms with Crippen LogP contribution in [-0.4, -0.2) is 40.6 Å². The van der Waals surface area contributed by atoms with Crippen molar-refractivity contribution in [1.29, 1.82) is 0 Å². The van der Waals surface area contributed by atoms with Crippen molar-refractivity contribution in [2.75, 3.05) is 32.0 Å². The van der Waals surface area contributed by atoms with E-state index < -0.39 is 0 Å². The zero-order valence-electron chi connectivity index (χ0n) is 9.67. The van der Waals surface area contributed by atoms with Crippen LogP contribution in [0.2, 0.25) is 0 Å². The number of nitrogen functional groups attached to an aromatic ring is 1. The second-order valence-corrected chi connectivity index (χ2v) is 4.35. The first-order chi connectivity index (χ1) is 8.31. The van der Waals surface area contributed by atoms with E-state index in [-0.39, 0.29) is 0 Å². The van der Waals surface area contributed by atoms with E-state index in [1.54, 1.807) is 0 Å². The van der Waals surface area contributed by atoms with Gasteiger partial charge in [-0.1, -0.05) is 0 Å². The Morgan fingerprint density at radius 3 is 2.88 bits per heavy atom. The number of ether oxygens (including phenoxy) is 1. The first-order valence-electron chi connectivity index (χ1n) is 5.84. The molecule has 1 aliphatic rings. The minimum atomic E-state index is 0.757. The maximum absolute atomic E-state index is 5.74. The predicted molar refractivity (Wildman–Crippen MR) is 65.7 cm³/mol. The van der Waals surface area contributed by atoms with E-state index in [0.717, 1.165) is 49.9 Å². The van der Waals surface area contributed by atoms with Gasteiger partial charge in [0.1, 0.15) is 5.65 Å². The molecule has 0 aliphatic carbocycles. The van der Waals surface area contributed by atoms with Crippen LogP contribution in [0.15, 0.2) is 24.5 Å². The van der Waals surface area contributed by atoms with Gasteiger partial charge in [0.2, 0.25) is 0 Å². The summed E-state index contributed by atoms with van der Waals surface area (Å²) in [6, 6.07) is 3.82. The second kappa shape index (κ2) is 4.35. The first-order valence-corrected chi connectivity index (χ1v) is 5.84. The van der Waals surface area contributed by atoms with Crippen molar-refractivity contribution in [3.63, 3.8) is 0 Å². The highest BCUT2D eigenvalue weighted by Gasteiger charge is 2.12. The number of aromatic nitrogens is 2. The molecule has 2 N–H and O–H groups in total. The van der Waals surface area contributed by atoms with Gasteiger partial charge >= 0.3 is 0 Å². The zero-order valence-corrected chi connectivity index (χ0v) is 9.67. The largest absolute Gasteiger partial charge is 0.398 e. The minimum Gasteiger partial charge on any atom is -0.398 e. The average molecular weight is 232 g/mol. The van der Waals surface area contributed by atoms with Crippen molar-refractivity contribution >= 4 is 11.3 Å². The Bertz CT molecular complexity index is 516. The van der Waals surface area contributed by atoms with Crippen LogP contribution in [0.5, 0.6) is 0 Å². The van der Waals surface area contributed by atoms with Crippen LogP contribution in [0.3, 0.4) is 0 Å². The van der Waals surface area contributed by atoms with E-state index in [1.807, 2.05) is 28.9 Å². The third-order valence-electron chi connectivity index (χ3n) is 3.01. The third kappa shape index (κ3) is 2.25. The molecule has 1 fully saturated rings. The molecule has 0 aromatic carbocycles. The SMILES string of the molecule is Nc1ccc2nc(CN3CCOCC3)cn2c1. The molecule has 3 rings (SSSR count). The maximum Gasteiger partial charge on any atom is 0.137 e. The molecule has 0 saturated carbocycles. The van der Waals surface area contributed by atoms with Crippen molar-refractivity contribution in [3.05, 3.63) is 30.2 Å². The van der Waals surface area contributed by atoms with Gasteiger partial charge in [0, 0.05) is 37.7 Å². The van der Waals surface area contributed by atoms with Gasteiger partial charge in [-0.15, -0.1) is 0 Å². The molecule has 3 heterocycles. The summed E-state index contributed by atoms with van der Waals surface area (Å²) in [6.07, 6.45) is 3.94. The Kier molecular flexibility index (Phi) is 2.70. The molecule has 1 saturated heterocycles. The van der Waals surface area contributed by atoms with Crippen molar-refractivity contribution in [1.82, 2.24) is 14.3 Å². The molecular weight excluding hydrogens is 216 g/mol. The highest BCUT2D eigenvalue weighted by atomic mass is 16.5. The number of nitrogens with two attached hydrogens (primary N) is 1. The summed E-state index contributed by atoms with van der Waals surface area (Å²) in [4.78, 5) is 6.93. The monoisotopic (exact) mass is 232 g/mol. The summed E-state index contributed by atoms with van der Waals surface area (Å²) < 4.78 is 7.31. The Labute approximate surface area is 99.8 Å². The van der Waals surface area contributed by atoms with Gasteiger partial charge in [0.15, 0.2) is 0 Å². The van der Waals surface area contributed by atoms with Crippen molar-refractivity contribution in [2.24, 2.45) is 0 Å². The molecule has 2 aromatic rings. The number of morpholine rings is 1. The lowest BCUT2D eigenvalue weighted by Gasteiger charge is -2.25. The molecule has 0 bridgehead atoms. The van der Waals surface area contributed by atoms with Gasteiger partial charge in [-0.3, -0.25) is 4.90 Å². The van der Waals surface area contributed by atoms with Crippen LogP contribution < -0.4 is 5.73 Å². The Hall–Kier alpha value is -1.59. The van der Waals surface area contributed by atoms with Gasteiger partial charge in [0.05, 0.1) is 18.9 Å². The lowest BCUT2D eigenvalue weighted by Crippen LogP contribution is -2.35. The molecule has 0 spiro atoms. The average Bonchev–Trinajstić information content (AvgIpc) is 2.71. The van der Waals surface area contributed by atoms with E-state index in [0.29, 0.717) is 0 Å². The number of hydrogen-bond donors (Lipinski definition) is 1. The lowest BCUT2D eigenvalue weighted by molar-refractivity contribution is 0.0337. The van der Waals surface area contributed by atoms with E-state index >= 15 is 0 Å². The number of imidazole rings is 1. The normalized spacial score (nSPS) is 17.6. The van der Waals surface area contributed by atoms with Crippen molar-refractivity contribution < 1.29 is 4.74 Å². The molecule has 0 atom stereocenters. The van der Waals surface area contributed by atoms with Crippen molar-refractivity contribution in [2.45, 2.75) is 6.54 Å².